The van der Waals surface area contributed by atoms with Gasteiger partial charge in [0, 0.05) is 24.3 Å². The molecule has 0 spiro atoms. The molecule has 7 heteroatoms. The van der Waals surface area contributed by atoms with Gasteiger partial charge in [0.15, 0.2) is 10.5 Å². The molecule has 0 aliphatic carbocycles. The Kier molecular flexibility index (Phi) is 4.13. The van der Waals surface area contributed by atoms with E-state index in [1.165, 1.54) is 11.3 Å². The molecule has 2 aromatic heterocycles. The van der Waals surface area contributed by atoms with Crippen LogP contribution in [0.1, 0.15) is 24.3 Å². The highest BCUT2D eigenvalue weighted by atomic mass is 35.5. The zero-order chi connectivity index (χ0) is 15.7. The van der Waals surface area contributed by atoms with E-state index in [9.17, 15) is 4.79 Å². The molecule has 0 aliphatic rings. The van der Waals surface area contributed by atoms with Crippen molar-refractivity contribution in [3.05, 3.63) is 46.0 Å². The molecule has 2 heterocycles. The summed E-state index contributed by atoms with van der Waals surface area (Å²) in [5, 5.41) is 4.87. The number of thiazole rings is 1. The van der Waals surface area contributed by atoms with Crippen molar-refractivity contribution >= 4 is 39.1 Å². The Morgan fingerprint density at radius 3 is 2.82 bits per heavy atom. The van der Waals surface area contributed by atoms with E-state index in [4.69, 9.17) is 11.6 Å². The average molecular weight is 335 g/mol. The van der Waals surface area contributed by atoms with Crippen LogP contribution in [-0.2, 0) is 13.1 Å². The molecule has 0 aliphatic heterocycles. The number of rotatable bonds is 3. The number of fused-ring (bicyclic) bond motifs is 1. The van der Waals surface area contributed by atoms with Gasteiger partial charge in [0.05, 0.1) is 10.2 Å². The molecule has 0 saturated carbocycles. The van der Waals surface area contributed by atoms with Gasteiger partial charge in [-0.3, -0.25) is 9.48 Å². The average Bonchev–Trinajstić information content (AvgIpc) is 3.10. The first-order chi connectivity index (χ1) is 10.6. The number of amides is 1. The highest BCUT2D eigenvalue weighted by Gasteiger charge is 2.11. The minimum absolute atomic E-state index is 0.327. The summed E-state index contributed by atoms with van der Waals surface area (Å²) in [6, 6.07) is 7.38. The number of aryl methyl sites for hydroxylation is 2. The molecule has 114 valence electrons. The summed E-state index contributed by atoms with van der Waals surface area (Å²) in [5.74, 6) is -0.327. The van der Waals surface area contributed by atoms with E-state index in [-0.39, 0.29) is 5.91 Å². The van der Waals surface area contributed by atoms with Crippen molar-refractivity contribution in [3.8, 4) is 0 Å². The zero-order valence-electron chi connectivity index (χ0n) is 12.3. The summed E-state index contributed by atoms with van der Waals surface area (Å²) >= 11 is 7.49. The van der Waals surface area contributed by atoms with Gasteiger partial charge in [0.1, 0.15) is 0 Å². The van der Waals surface area contributed by atoms with E-state index in [2.05, 4.69) is 10.1 Å². The molecule has 0 fully saturated rings. The topological polar surface area (TPSA) is 52.2 Å². The van der Waals surface area contributed by atoms with Crippen molar-refractivity contribution < 1.29 is 4.79 Å². The molecule has 0 atom stereocenters. The molecule has 5 nitrogen and oxygen atoms in total. The van der Waals surface area contributed by atoms with Crippen molar-refractivity contribution in [2.75, 3.05) is 0 Å². The van der Waals surface area contributed by atoms with E-state index in [1.54, 1.807) is 16.9 Å². The van der Waals surface area contributed by atoms with Crippen molar-refractivity contribution in [1.29, 1.82) is 0 Å². The molecule has 3 rings (SSSR count). The molecule has 0 radical (unpaired) electrons. The predicted octanol–water partition coefficient (Wildman–Crippen LogP) is 3.33. The van der Waals surface area contributed by atoms with Crippen LogP contribution in [0, 0.1) is 0 Å². The zero-order valence-corrected chi connectivity index (χ0v) is 13.9. The first-order valence-corrected chi connectivity index (χ1v) is 8.23. The quantitative estimate of drug-likeness (QED) is 0.737. The van der Waals surface area contributed by atoms with E-state index in [0.717, 1.165) is 23.3 Å². The van der Waals surface area contributed by atoms with Crippen molar-refractivity contribution in [2.24, 2.45) is 4.99 Å². The Morgan fingerprint density at radius 2 is 2.14 bits per heavy atom. The maximum absolute atomic E-state index is 12.3. The highest BCUT2D eigenvalue weighted by molar-refractivity contribution is 7.16. The van der Waals surface area contributed by atoms with Gasteiger partial charge >= 0.3 is 0 Å². The largest absolute Gasteiger partial charge is 0.317 e. The molecule has 0 saturated heterocycles. The third-order valence-corrected chi connectivity index (χ3v) is 4.62. The predicted molar refractivity (Wildman–Crippen MR) is 88.3 cm³/mol. The maximum Gasteiger partial charge on any atom is 0.300 e. The molecule has 0 N–H and O–H groups in total. The third kappa shape index (κ3) is 2.71. The van der Waals surface area contributed by atoms with E-state index < -0.39 is 0 Å². The lowest BCUT2D eigenvalue weighted by Gasteiger charge is -1.99. The van der Waals surface area contributed by atoms with E-state index in [1.807, 2.05) is 36.6 Å². The summed E-state index contributed by atoms with van der Waals surface area (Å²) in [6.45, 7) is 5.45. The van der Waals surface area contributed by atoms with Crippen LogP contribution in [-0.4, -0.2) is 20.3 Å². The number of carbonyl (C=O) groups is 1. The van der Waals surface area contributed by atoms with Crippen LogP contribution in [0.3, 0.4) is 0 Å². The number of hydrogen-bond acceptors (Lipinski definition) is 3. The van der Waals surface area contributed by atoms with Gasteiger partial charge in [0.25, 0.3) is 5.91 Å². The smallest absolute Gasteiger partial charge is 0.300 e. The molecular formula is C15H15ClN4OS. The SMILES string of the molecule is CCn1ccc(C(=O)N=c2sc3cc(Cl)ccc3n2CC)n1. The molecule has 1 amide bonds. The number of aromatic nitrogens is 3. The molecule has 1 aromatic carbocycles. The lowest BCUT2D eigenvalue weighted by molar-refractivity contribution is 0.0992. The first kappa shape index (κ1) is 15.0. The minimum atomic E-state index is -0.327. The van der Waals surface area contributed by atoms with Crippen LogP contribution >= 0.6 is 22.9 Å². The minimum Gasteiger partial charge on any atom is -0.317 e. The standard InChI is InChI=1S/C15H15ClN4OS/c1-3-19-8-7-11(18-19)14(21)17-15-20(4-2)12-6-5-10(16)9-13(12)22-15/h5-9H,3-4H2,1-2H3. The van der Waals surface area contributed by atoms with Gasteiger partial charge < -0.3 is 4.57 Å². The lowest BCUT2D eigenvalue weighted by atomic mass is 10.3. The molecule has 22 heavy (non-hydrogen) atoms. The highest BCUT2D eigenvalue weighted by Crippen LogP contribution is 2.21. The Morgan fingerprint density at radius 1 is 1.32 bits per heavy atom. The summed E-state index contributed by atoms with van der Waals surface area (Å²) in [7, 11) is 0. The second kappa shape index (κ2) is 6.06. The third-order valence-electron chi connectivity index (χ3n) is 3.34. The van der Waals surface area contributed by atoms with Gasteiger partial charge in [-0.25, -0.2) is 0 Å². The normalized spacial score (nSPS) is 12.2. The first-order valence-electron chi connectivity index (χ1n) is 7.03. The fraction of sp³-hybridized carbons (Fsp3) is 0.267. The van der Waals surface area contributed by atoms with Crippen LogP contribution in [0.15, 0.2) is 35.5 Å². The van der Waals surface area contributed by atoms with E-state index >= 15 is 0 Å². The fourth-order valence-corrected chi connectivity index (χ4v) is 3.60. The molecular weight excluding hydrogens is 320 g/mol. The maximum atomic E-state index is 12.3. The van der Waals surface area contributed by atoms with Crippen LogP contribution < -0.4 is 4.80 Å². The van der Waals surface area contributed by atoms with Crippen molar-refractivity contribution in [2.45, 2.75) is 26.9 Å². The van der Waals surface area contributed by atoms with Crippen LogP contribution in [0.2, 0.25) is 5.02 Å². The van der Waals surface area contributed by atoms with Crippen LogP contribution in [0.4, 0.5) is 0 Å². The number of hydrogen-bond donors (Lipinski definition) is 0. The lowest BCUT2D eigenvalue weighted by Crippen LogP contribution is -2.16. The fourth-order valence-electron chi connectivity index (χ4n) is 2.23. The Bertz CT molecular complexity index is 906. The molecule has 0 bridgehead atoms. The number of nitrogens with zero attached hydrogens (tertiary/aromatic N) is 4. The molecule has 0 unspecified atom stereocenters. The van der Waals surface area contributed by atoms with Gasteiger partial charge in [-0.2, -0.15) is 10.1 Å². The van der Waals surface area contributed by atoms with Crippen molar-refractivity contribution in [3.63, 3.8) is 0 Å². The molecule has 3 aromatic rings. The Hall–Kier alpha value is -1.92. The summed E-state index contributed by atoms with van der Waals surface area (Å²) in [4.78, 5) is 17.2. The number of carbonyl (C=O) groups excluding carboxylic acids is 1. The van der Waals surface area contributed by atoms with Crippen LogP contribution in [0.25, 0.3) is 10.2 Å². The van der Waals surface area contributed by atoms with Crippen LogP contribution in [0.5, 0.6) is 0 Å². The van der Waals surface area contributed by atoms with Crippen molar-refractivity contribution in [1.82, 2.24) is 14.3 Å². The van der Waals surface area contributed by atoms with Gasteiger partial charge in [-0.15, -0.1) is 0 Å². The second-order valence-electron chi connectivity index (χ2n) is 4.71. The number of benzene rings is 1. The number of halogens is 1. The van der Waals surface area contributed by atoms with E-state index in [0.29, 0.717) is 15.5 Å². The monoisotopic (exact) mass is 334 g/mol. The van der Waals surface area contributed by atoms with Gasteiger partial charge in [0.2, 0.25) is 0 Å². The Balaban J connectivity index is 2.09. The summed E-state index contributed by atoms with van der Waals surface area (Å²) < 4.78 is 4.73. The van der Waals surface area contributed by atoms with Gasteiger partial charge in [-0.1, -0.05) is 22.9 Å². The second-order valence-corrected chi connectivity index (χ2v) is 6.16. The van der Waals surface area contributed by atoms with Gasteiger partial charge in [-0.05, 0) is 38.1 Å². The Labute approximate surface area is 136 Å². The summed E-state index contributed by atoms with van der Waals surface area (Å²) in [5.41, 5.74) is 1.39. The summed E-state index contributed by atoms with van der Waals surface area (Å²) in [6.07, 6.45) is 1.78.